The summed E-state index contributed by atoms with van der Waals surface area (Å²) in [5, 5.41) is 4.04. The third kappa shape index (κ3) is 3.04. The molecule has 1 fully saturated rings. The van der Waals surface area contributed by atoms with E-state index in [-0.39, 0.29) is 16.6 Å². The van der Waals surface area contributed by atoms with Crippen molar-refractivity contribution in [3.05, 3.63) is 61.2 Å². The number of aromatic nitrogens is 4. The zero-order chi connectivity index (χ0) is 18.1. The minimum Gasteiger partial charge on any atom is -0.336 e. The second-order valence-corrected chi connectivity index (χ2v) is 8.13. The van der Waals surface area contributed by atoms with Crippen molar-refractivity contribution in [3.8, 4) is 5.69 Å². The molecule has 136 valence electrons. The summed E-state index contributed by atoms with van der Waals surface area (Å²) in [6.07, 6.45) is 9.40. The summed E-state index contributed by atoms with van der Waals surface area (Å²) in [6.45, 7) is 1.02. The first-order valence-electron chi connectivity index (χ1n) is 8.33. The molecule has 4 rings (SSSR count). The summed E-state index contributed by atoms with van der Waals surface area (Å²) in [6, 6.07) is 5.98. The Labute approximate surface area is 150 Å². The SMILES string of the molecule is O=S(=O)(c1cnn(-c2ccccc2F)c1)N1CCC[C@@H]1Cn1ccnc1. The quantitative estimate of drug-likeness (QED) is 0.684. The molecule has 1 aromatic carbocycles. The monoisotopic (exact) mass is 375 g/mol. The van der Waals surface area contributed by atoms with E-state index in [1.165, 1.54) is 27.4 Å². The van der Waals surface area contributed by atoms with Crippen LogP contribution in [0.25, 0.3) is 5.69 Å². The highest BCUT2D eigenvalue weighted by molar-refractivity contribution is 7.89. The molecule has 2 aromatic heterocycles. The first-order chi connectivity index (χ1) is 12.6. The molecule has 1 aliphatic rings. The van der Waals surface area contributed by atoms with Gasteiger partial charge in [-0.25, -0.2) is 22.5 Å². The van der Waals surface area contributed by atoms with Gasteiger partial charge in [0.25, 0.3) is 0 Å². The second kappa shape index (κ2) is 6.65. The molecule has 1 atom stereocenters. The van der Waals surface area contributed by atoms with Crippen molar-refractivity contribution in [3.63, 3.8) is 0 Å². The first kappa shape index (κ1) is 16.9. The van der Waals surface area contributed by atoms with Gasteiger partial charge in [-0.3, -0.25) is 0 Å². The van der Waals surface area contributed by atoms with Crippen LogP contribution in [0.2, 0.25) is 0 Å². The van der Waals surface area contributed by atoms with Gasteiger partial charge in [0.05, 0.1) is 18.7 Å². The topological polar surface area (TPSA) is 73.0 Å². The van der Waals surface area contributed by atoms with Crippen molar-refractivity contribution in [1.29, 1.82) is 0 Å². The molecule has 7 nitrogen and oxygen atoms in total. The maximum atomic E-state index is 13.9. The van der Waals surface area contributed by atoms with Gasteiger partial charge in [-0.2, -0.15) is 9.40 Å². The van der Waals surface area contributed by atoms with Gasteiger partial charge in [0.1, 0.15) is 16.4 Å². The Kier molecular flexibility index (Phi) is 4.33. The average Bonchev–Trinajstić information content (AvgIpc) is 3.37. The normalized spacial score (nSPS) is 18.4. The molecule has 1 saturated heterocycles. The molecule has 0 N–H and O–H groups in total. The van der Waals surface area contributed by atoms with Crippen LogP contribution in [0.15, 0.2) is 60.3 Å². The second-order valence-electron chi connectivity index (χ2n) is 6.24. The number of hydrogen-bond donors (Lipinski definition) is 0. The minimum absolute atomic E-state index is 0.0679. The van der Waals surface area contributed by atoms with E-state index in [9.17, 15) is 12.8 Å². The maximum absolute atomic E-state index is 13.9. The number of sulfonamides is 1. The lowest BCUT2D eigenvalue weighted by Crippen LogP contribution is -2.37. The van der Waals surface area contributed by atoms with E-state index in [4.69, 9.17) is 0 Å². The highest BCUT2D eigenvalue weighted by Gasteiger charge is 2.36. The summed E-state index contributed by atoms with van der Waals surface area (Å²) < 4.78 is 44.7. The number of halogens is 1. The fourth-order valence-electron chi connectivity index (χ4n) is 3.29. The Balaban J connectivity index is 1.61. The minimum atomic E-state index is -3.70. The summed E-state index contributed by atoms with van der Waals surface area (Å²) in [5.74, 6) is -0.460. The first-order valence-corrected chi connectivity index (χ1v) is 9.77. The van der Waals surface area contributed by atoms with E-state index < -0.39 is 15.8 Å². The predicted molar refractivity (Wildman–Crippen MR) is 92.7 cm³/mol. The Morgan fingerprint density at radius 1 is 1.27 bits per heavy atom. The van der Waals surface area contributed by atoms with Crippen LogP contribution in [-0.4, -0.2) is 44.6 Å². The molecule has 1 aliphatic heterocycles. The highest BCUT2D eigenvalue weighted by Crippen LogP contribution is 2.27. The van der Waals surface area contributed by atoms with E-state index in [2.05, 4.69) is 10.1 Å². The number of rotatable bonds is 5. The van der Waals surface area contributed by atoms with Crippen molar-refractivity contribution < 1.29 is 12.8 Å². The zero-order valence-corrected chi connectivity index (χ0v) is 14.8. The number of para-hydroxylation sites is 1. The van der Waals surface area contributed by atoms with Crippen LogP contribution in [0.3, 0.4) is 0 Å². The molecule has 0 saturated carbocycles. The zero-order valence-electron chi connectivity index (χ0n) is 13.9. The fourth-order valence-corrected chi connectivity index (χ4v) is 4.91. The van der Waals surface area contributed by atoms with E-state index in [0.29, 0.717) is 13.1 Å². The molecule has 0 spiro atoms. The summed E-state index contributed by atoms with van der Waals surface area (Å²) in [5.41, 5.74) is 0.213. The molecular weight excluding hydrogens is 357 g/mol. The van der Waals surface area contributed by atoms with Crippen molar-refractivity contribution in [2.24, 2.45) is 0 Å². The molecule has 9 heteroatoms. The summed E-state index contributed by atoms with van der Waals surface area (Å²) in [7, 11) is -3.70. The Hall–Kier alpha value is -2.52. The van der Waals surface area contributed by atoms with E-state index >= 15 is 0 Å². The van der Waals surface area contributed by atoms with Gasteiger partial charge in [-0.05, 0) is 25.0 Å². The van der Waals surface area contributed by atoms with Gasteiger partial charge in [0.15, 0.2) is 0 Å². The van der Waals surface area contributed by atoms with Crippen LogP contribution in [0.5, 0.6) is 0 Å². The molecule has 0 radical (unpaired) electrons. The lowest BCUT2D eigenvalue weighted by atomic mass is 10.2. The number of hydrogen-bond acceptors (Lipinski definition) is 4. The molecular formula is C17H18FN5O2S. The van der Waals surface area contributed by atoms with E-state index in [1.54, 1.807) is 30.7 Å². The largest absolute Gasteiger partial charge is 0.336 e. The molecule has 0 aliphatic carbocycles. The van der Waals surface area contributed by atoms with Crippen molar-refractivity contribution in [2.45, 2.75) is 30.3 Å². The summed E-state index contributed by atoms with van der Waals surface area (Å²) in [4.78, 5) is 4.07. The molecule has 0 unspecified atom stereocenters. The average molecular weight is 375 g/mol. The van der Waals surface area contributed by atoms with Crippen LogP contribution in [-0.2, 0) is 16.6 Å². The lowest BCUT2D eigenvalue weighted by molar-refractivity contribution is 0.352. The molecule has 0 bridgehead atoms. The molecule has 3 heterocycles. The fraction of sp³-hybridized carbons (Fsp3) is 0.294. The molecule has 3 aromatic rings. The predicted octanol–water partition coefficient (Wildman–Crippen LogP) is 2.06. The van der Waals surface area contributed by atoms with Crippen LogP contribution < -0.4 is 0 Å². The van der Waals surface area contributed by atoms with Crippen LogP contribution in [0.4, 0.5) is 4.39 Å². The van der Waals surface area contributed by atoms with Gasteiger partial charge >= 0.3 is 0 Å². The van der Waals surface area contributed by atoms with Crippen LogP contribution >= 0.6 is 0 Å². The number of nitrogens with zero attached hydrogens (tertiary/aromatic N) is 5. The third-order valence-corrected chi connectivity index (χ3v) is 6.47. The molecule has 0 amide bonds. The van der Waals surface area contributed by atoms with E-state index in [0.717, 1.165) is 12.8 Å². The Morgan fingerprint density at radius 2 is 2.12 bits per heavy atom. The van der Waals surface area contributed by atoms with Crippen LogP contribution in [0.1, 0.15) is 12.8 Å². The van der Waals surface area contributed by atoms with Crippen molar-refractivity contribution in [1.82, 2.24) is 23.6 Å². The van der Waals surface area contributed by atoms with Gasteiger partial charge in [0.2, 0.25) is 10.0 Å². The standard InChI is InChI=1S/C17H18FN5O2S/c18-16-5-1-2-6-17(16)22-12-15(10-20-22)26(24,25)23-8-3-4-14(23)11-21-9-7-19-13-21/h1-2,5-7,9-10,12-14H,3-4,8,11H2/t14-/m1/s1. The van der Waals surface area contributed by atoms with Gasteiger partial charge < -0.3 is 4.57 Å². The van der Waals surface area contributed by atoms with Gasteiger partial charge in [-0.1, -0.05) is 12.1 Å². The van der Waals surface area contributed by atoms with Gasteiger partial charge in [0, 0.05) is 31.5 Å². The van der Waals surface area contributed by atoms with Crippen molar-refractivity contribution in [2.75, 3.05) is 6.54 Å². The Morgan fingerprint density at radius 3 is 2.88 bits per heavy atom. The number of benzene rings is 1. The van der Waals surface area contributed by atoms with Crippen molar-refractivity contribution >= 4 is 10.0 Å². The molecule has 26 heavy (non-hydrogen) atoms. The summed E-state index contributed by atoms with van der Waals surface area (Å²) >= 11 is 0. The van der Waals surface area contributed by atoms with Gasteiger partial charge in [-0.15, -0.1) is 0 Å². The van der Waals surface area contributed by atoms with Crippen LogP contribution in [0, 0.1) is 5.82 Å². The lowest BCUT2D eigenvalue weighted by Gasteiger charge is -2.23. The smallest absolute Gasteiger partial charge is 0.246 e. The Bertz CT molecular complexity index is 1000. The number of imidazole rings is 1. The third-order valence-electron chi connectivity index (χ3n) is 4.57. The highest BCUT2D eigenvalue weighted by atomic mass is 32.2. The van der Waals surface area contributed by atoms with E-state index in [1.807, 2.05) is 10.8 Å². The maximum Gasteiger partial charge on any atom is 0.246 e.